The second kappa shape index (κ2) is 10.8. The van der Waals surface area contributed by atoms with E-state index in [1.54, 1.807) is 0 Å². The third-order valence-electron chi connectivity index (χ3n) is 3.47. The van der Waals surface area contributed by atoms with Gasteiger partial charge in [-0.3, -0.25) is 0 Å². The highest BCUT2D eigenvalue weighted by molar-refractivity contribution is 5.13. The Labute approximate surface area is 122 Å². The Morgan fingerprint density at radius 2 is 1.65 bits per heavy atom. The number of aliphatic hydroxyl groups is 2. The van der Waals surface area contributed by atoms with Gasteiger partial charge in [0.05, 0.1) is 18.8 Å². The fraction of sp³-hybridized carbons (Fsp3) is 0.647. The van der Waals surface area contributed by atoms with Gasteiger partial charge in [-0.25, -0.2) is 0 Å². The highest BCUT2D eigenvalue weighted by Gasteiger charge is 2.15. The number of unbranched alkanes of at least 4 members (excludes halogenated alkanes) is 3. The van der Waals surface area contributed by atoms with Crippen molar-refractivity contribution < 1.29 is 14.9 Å². The Bertz CT molecular complexity index is 326. The molecule has 0 unspecified atom stereocenters. The van der Waals surface area contributed by atoms with E-state index in [1.165, 1.54) is 12.8 Å². The Balaban J connectivity index is 2.05. The minimum atomic E-state index is -0.674. The predicted octanol–water partition coefficient (Wildman–Crippen LogP) is 3.29. The van der Waals surface area contributed by atoms with E-state index in [0.717, 1.165) is 18.4 Å². The maximum atomic E-state index is 9.84. The third-order valence-corrected chi connectivity index (χ3v) is 3.47. The van der Waals surface area contributed by atoms with E-state index >= 15 is 0 Å². The standard InChI is InChI=1S/C17H28O3/c1-2-3-4-8-11-16(18)17(19)12-13-20-14-15-9-6-5-7-10-15/h5-7,9-10,16-19H,2-4,8,11-14H2,1H3/t16-,17-/m0/s1. The van der Waals surface area contributed by atoms with Gasteiger partial charge in [0.1, 0.15) is 0 Å². The molecule has 0 aliphatic heterocycles. The van der Waals surface area contributed by atoms with Crippen molar-refractivity contribution in [2.24, 2.45) is 0 Å². The molecule has 114 valence electrons. The van der Waals surface area contributed by atoms with Crippen LogP contribution >= 0.6 is 0 Å². The molecule has 0 spiro atoms. The van der Waals surface area contributed by atoms with E-state index in [4.69, 9.17) is 4.74 Å². The highest BCUT2D eigenvalue weighted by atomic mass is 16.5. The van der Waals surface area contributed by atoms with Crippen LogP contribution in [0.2, 0.25) is 0 Å². The summed E-state index contributed by atoms with van der Waals surface area (Å²) in [4.78, 5) is 0. The van der Waals surface area contributed by atoms with Crippen LogP contribution in [0, 0.1) is 0 Å². The molecule has 0 aliphatic carbocycles. The molecular weight excluding hydrogens is 252 g/mol. The summed E-state index contributed by atoms with van der Waals surface area (Å²) < 4.78 is 5.51. The molecule has 0 saturated heterocycles. The number of rotatable bonds is 11. The van der Waals surface area contributed by atoms with Crippen LogP contribution < -0.4 is 0 Å². The van der Waals surface area contributed by atoms with Crippen molar-refractivity contribution >= 4 is 0 Å². The first-order valence-electron chi connectivity index (χ1n) is 7.71. The average Bonchev–Trinajstić information content (AvgIpc) is 2.48. The fourth-order valence-corrected chi connectivity index (χ4v) is 2.13. The van der Waals surface area contributed by atoms with Crippen molar-refractivity contribution in [1.82, 2.24) is 0 Å². The molecule has 2 N–H and O–H groups in total. The summed E-state index contributed by atoms with van der Waals surface area (Å²) in [6.45, 7) is 3.19. The summed E-state index contributed by atoms with van der Waals surface area (Å²) in [6.07, 6.45) is 4.37. The molecule has 0 bridgehead atoms. The number of aliphatic hydroxyl groups excluding tert-OH is 2. The van der Waals surface area contributed by atoms with E-state index in [9.17, 15) is 10.2 Å². The van der Waals surface area contributed by atoms with Gasteiger partial charge in [-0.05, 0) is 18.4 Å². The molecule has 0 amide bonds. The SMILES string of the molecule is CCCCCC[C@H](O)[C@@H](O)CCOCc1ccccc1. The minimum absolute atomic E-state index is 0.474. The Hall–Kier alpha value is -0.900. The fourth-order valence-electron chi connectivity index (χ4n) is 2.13. The first-order valence-corrected chi connectivity index (χ1v) is 7.71. The van der Waals surface area contributed by atoms with E-state index in [-0.39, 0.29) is 0 Å². The average molecular weight is 280 g/mol. The Kier molecular flexibility index (Phi) is 9.29. The van der Waals surface area contributed by atoms with E-state index in [2.05, 4.69) is 6.92 Å². The van der Waals surface area contributed by atoms with Gasteiger partial charge < -0.3 is 14.9 Å². The molecule has 0 aliphatic rings. The van der Waals surface area contributed by atoms with Crippen molar-refractivity contribution in [3.63, 3.8) is 0 Å². The van der Waals surface area contributed by atoms with Gasteiger partial charge >= 0.3 is 0 Å². The molecule has 1 aromatic carbocycles. The normalized spacial score (nSPS) is 14.2. The molecule has 0 heterocycles. The molecule has 1 aromatic rings. The topological polar surface area (TPSA) is 49.7 Å². The van der Waals surface area contributed by atoms with Gasteiger partial charge in [0, 0.05) is 6.61 Å². The van der Waals surface area contributed by atoms with E-state index < -0.39 is 12.2 Å². The lowest BCUT2D eigenvalue weighted by Gasteiger charge is -2.17. The maximum Gasteiger partial charge on any atom is 0.0821 e. The van der Waals surface area contributed by atoms with Gasteiger partial charge in [-0.15, -0.1) is 0 Å². The number of hydrogen-bond acceptors (Lipinski definition) is 3. The molecule has 0 fully saturated rings. The van der Waals surface area contributed by atoms with Gasteiger partial charge in [0.2, 0.25) is 0 Å². The number of hydrogen-bond donors (Lipinski definition) is 2. The zero-order valence-electron chi connectivity index (χ0n) is 12.5. The summed E-state index contributed by atoms with van der Waals surface area (Å²) in [6, 6.07) is 9.96. The van der Waals surface area contributed by atoms with Crippen LogP contribution in [-0.4, -0.2) is 29.0 Å². The van der Waals surface area contributed by atoms with Crippen LogP contribution in [0.15, 0.2) is 30.3 Å². The summed E-state index contributed by atoms with van der Waals surface area (Å²) in [5.74, 6) is 0. The van der Waals surface area contributed by atoms with Gasteiger partial charge in [0.15, 0.2) is 0 Å². The van der Waals surface area contributed by atoms with Gasteiger partial charge in [-0.2, -0.15) is 0 Å². The van der Waals surface area contributed by atoms with E-state index in [1.807, 2.05) is 30.3 Å². The molecule has 0 radical (unpaired) electrons. The van der Waals surface area contributed by atoms with Crippen LogP contribution in [0.25, 0.3) is 0 Å². The van der Waals surface area contributed by atoms with Crippen LogP contribution in [0.5, 0.6) is 0 Å². The van der Waals surface area contributed by atoms with Crippen molar-refractivity contribution in [3.05, 3.63) is 35.9 Å². The van der Waals surface area contributed by atoms with Crippen molar-refractivity contribution in [1.29, 1.82) is 0 Å². The smallest absolute Gasteiger partial charge is 0.0821 e. The molecule has 20 heavy (non-hydrogen) atoms. The zero-order chi connectivity index (χ0) is 14.6. The van der Waals surface area contributed by atoms with E-state index in [0.29, 0.717) is 26.1 Å². The molecular formula is C17H28O3. The second-order valence-electron chi connectivity index (χ2n) is 5.31. The Morgan fingerprint density at radius 3 is 2.35 bits per heavy atom. The Morgan fingerprint density at radius 1 is 0.950 bits per heavy atom. The van der Waals surface area contributed by atoms with Crippen molar-refractivity contribution in [2.75, 3.05) is 6.61 Å². The maximum absolute atomic E-state index is 9.84. The van der Waals surface area contributed by atoms with Crippen molar-refractivity contribution in [2.45, 2.75) is 64.3 Å². The van der Waals surface area contributed by atoms with Crippen LogP contribution in [0.1, 0.15) is 51.0 Å². The molecule has 0 saturated carbocycles. The number of benzene rings is 1. The zero-order valence-corrected chi connectivity index (χ0v) is 12.5. The monoisotopic (exact) mass is 280 g/mol. The van der Waals surface area contributed by atoms with Gasteiger partial charge in [0.25, 0.3) is 0 Å². The highest BCUT2D eigenvalue weighted by Crippen LogP contribution is 2.11. The minimum Gasteiger partial charge on any atom is -0.390 e. The summed E-state index contributed by atoms with van der Waals surface area (Å²) in [7, 11) is 0. The summed E-state index contributed by atoms with van der Waals surface area (Å²) in [5.41, 5.74) is 1.13. The van der Waals surface area contributed by atoms with Crippen LogP contribution in [0.3, 0.4) is 0 Å². The first-order chi connectivity index (χ1) is 9.74. The van der Waals surface area contributed by atoms with Crippen LogP contribution in [0.4, 0.5) is 0 Å². The number of ether oxygens (including phenoxy) is 1. The first kappa shape index (κ1) is 17.2. The molecule has 3 heteroatoms. The predicted molar refractivity (Wildman–Crippen MR) is 81.5 cm³/mol. The van der Waals surface area contributed by atoms with Gasteiger partial charge in [-0.1, -0.05) is 62.9 Å². The second-order valence-corrected chi connectivity index (χ2v) is 5.31. The molecule has 3 nitrogen and oxygen atoms in total. The quantitative estimate of drug-likeness (QED) is 0.612. The summed E-state index contributed by atoms with van der Waals surface area (Å²) in [5, 5.41) is 19.7. The molecule has 0 aromatic heterocycles. The molecule has 1 rings (SSSR count). The lowest BCUT2D eigenvalue weighted by atomic mass is 10.0. The van der Waals surface area contributed by atoms with Crippen LogP contribution in [-0.2, 0) is 11.3 Å². The third kappa shape index (κ3) is 7.63. The summed E-state index contributed by atoms with van der Waals surface area (Å²) >= 11 is 0. The molecule has 2 atom stereocenters. The largest absolute Gasteiger partial charge is 0.390 e. The van der Waals surface area contributed by atoms with Crippen molar-refractivity contribution in [3.8, 4) is 0 Å². The lowest BCUT2D eigenvalue weighted by molar-refractivity contribution is -0.0112. The lowest BCUT2D eigenvalue weighted by Crippen LogP contribution is -2.27.